The highest BCUT2D eigenvalue weighted by Crippen LogP contribution is 2.21. The van der Waals surface area contributed by atoms with Gasteiger partial charge in [0.15, 0.2) is 0 Å². The number of rotatable bonds is 7. The summed E-state index contributed by atoms with van der Waals surface area (Å²) in [5, 5.41) is 11.8. The molecule has 0 bridgehead atoms. The molecule has 1 unspecified atom stereocenters. The smallest absolute Gasteiger partial charge is 0.261 e. The second-order valence-electron chi connectivity index (χ2n) is 5.27. The first-order valence-corrected chi connectivity index (χ1v) is 8.41. The zero-order valence-electron chi connectivity index (χ0n) is 13.2. The van der Waals surface area contributed by atoms with Crippen LogP contribution in [0.2, 0.25) is 0 Å². The number of aliphatic hydroxyl groups excluding tert-OH is 1. The van der Waals surface area contributed by atoms with E-state index in [1.54, 1.807) is 0 Å². The lowest BCUT2D eigenvalue weighted by Gasteiger charge is -2.12. The molecule has 2 N–H and O–H groups in total. The van der Waals surface area contributed by atoms with Crippen LogP contribution in [0.25, 0.3) is 0 Å². The fraction of sp³-hybridized carbons (Fsp3) is 0.588. The molecule has 0 aromatic carbocycles. The van der Waals surface area contributed by atoms with Crippen molar-refractivity contribution in [2.75, 3.05) is 6.61 Å². The van der Waals surface area contributed by atoms with Gasteiger partial charge in [0.1, 0.15) is 0 Å². The molecule has 1 rings (SSSR count). The third-order valence-corrected chi connectivity index (χ3v) is 4.35. The summed E-state index contributed by atoms with van der Waals surface area (Å²) in [4.78, 5) is 13.8. The van der Waals surface area contributed by atoms with E-state index in [0.717, 1.165) is 23.3 Å². The van der Waals surface area contributed by atoms with Gasteiger partial charge in [-0.15, -0.1) is 11.3 Å². The van der Waals surface area contributed by atoms with Gasteiger partial charge >= 0.3 is 0 Å². The molecular formula is C17H25NO2S. The number of amides is 1. The van der Waals surface area contributed by atoms with Gasteiger partial charge in [0, 0.05) is 12.5 Å². The number of nitrogens with one attached hydrogen (secondary N) is 1. The summed E-state index contributed by atoms with van der Waals surface area (Å²) in [5.74, 6) is 5.90. The Morgan fingerprint density at radius 2 is 2.24 bits per heavy atom. The maximum atomic E-state index is 12.2. The van der Waals surface area contributed by atoms with Crippen LogP contribution in [0.5, 0.6) is 0 Å². The number of aliphatic hydroxyl groups is 1. The summed E-state index contributed by atoms with van der Waals surface area (Å²) >= 11 is 1.42. The van der Waals surface area contributed by atoms with Gasteiger partial charge in [0.05, 0.1) is 16.4 Å². The van der Waals surface area contributed by atoms with E-state index >= 15 is 0 Å². The van der Waals surface area contributed by atoms with Crippen LogP contribution in [0.3, 0.4) is 0 Å². The van der Waals surface area contributed by atoms with Crippen LogP contribution in [0.15, 0.2) is 6.07 Å². The van der Waals surface area contributed by atoms with Crippen molar-refractivity contribution >= 4 is 17.2 Å². The van der Waals surface area contributed by atoms with E-state index in [9.17, 15) is 4.79 Å². The molecule has 0 saturated heterocycles. The van der Waals surface area contributed by atoms with Gasteiger partial charge in [0.2, 0.25) is 0 Å². The highest BCUT2D eigenvalue weighted by molar-refractivity contribution is 7.14. The van der Waals surface area contributed by atoms with Gasteiger partial charge < -0.3 is 10.4 Å². The number of aryl methyl sites for hydroxylation is 1. The molecule has 1 heterocycles. The molecule has 1 aromatic rings. The Kier molecular flexibility index (Phi) is 8.11. The third kappa shape index (κ3) is 6.33. The second-order valence-corrected chi connectivity index (χ2v) is 6.32. The normalized spacial score (nSPS) is 11.6. The molecular weight excluding hydrogens is 282 g/mol. The predicted molar refractivity (Wildman–Crippen MR) is 88.7 cm³/mol. The third-order valence-electron chi connectivity index (χ3n) is 3.20. The van der Waals surface area contributed by atoms with Gasteiger partial charge in [-0.25, -0.2) is 0 Å². The molecule has 1 aromatic heterocycles. The summed E-state index contributed by atoms with van der Waals surface area (Å²) < 4.78 is 0. The van der Waals surface area contributed by atoms with Crippen molar-refractivity contribution in [3.05, 3.63) is 21.4 Å². The van der Waals surface area contributed by atoms with E-state index in [1.165, 1.54) is 24.2 Å². The summed E-state index contributed by atoms with van der Waals surface area (Å²) in [5.41, 5.74) is 1.02. The lowest BCUT2D eigenvalue weighted by molar-refractivity contribution is 0.0942. The fourth-order valence-electron chi connectivity index (χ4n) is 1.98. The Bertz CT molecular complexity index is 511. The fourth-order valence-corrected chi connectivity index (χ4v) is 2.93. The van der Waals surface area contributed by atoms with Gasteiger partial charge in [0.25, 0.3) is 5.91 Å². The largest absolute Gasteiger partial charge is 0.395 e. The molecule has 0 spiro atoms. The summed E-state index contributed by atoms with van der Waals surface area (Å²) in [7, 11) is 0. The van der Waals surface area contributed by atoms with Crippen LogP contribution in [-0.2, 0) is 0 Å². The minimum atomic E-state index is -0.0118. The minimum Gasteiger partial charge on any atom is -0.395 e. The van der Waals surface area contributed by atoms with Gasteiger partial charge in [-0.2, -0.15) is 0 Å². The molecule has 3 nitrogen and oxygen atoms in total. The maximum absolute atomic E-state index is 12.2. The predicted octanol–water partition coefficient (Wildman–Crippen LogP) is 3.49. The molecule has 0 fully saturated rings. The molecule has 0 aliphatic heterocycles. The van der Waals surface area contributed by atoms with Crippen LogP contribution >= 0.6 is 11.3 Å². The van der Waals surface area contributed by atoms with Crippen LogP contribution < -0.4 is 5.32 Å². The Balaban J connectivity index is 2.59. The first-order valence-electron chi connectivity index (χ1n) is 7.59. The number of thiophene rings is 1. The zero-order valence-corrected chi connectivity index (χ0v) is 14.0. The van der Waals surface area contributed by atoms with Crippen LogP contribution in [0.4, 0.5) is 0 Å². The molecule has 116 valence electrons. The average Bonchev–Trinajstić information content (AvgIpc) is 2.81. The lowest BCUT2D eigenvalue weighted by Crippen LogP contribution is -2.31. The second kappa shape index (κ2) is 9.59. The molecule has 0 aliphatic carbocycles. The zero-order chi connectivity index (χ0) is 15.7. The topological polar surface area (TPSA) is 49.3 Å². The Labute approximate surface area is 131 Å². The number of unbranched alkanes of at least 4 members (excludes halogenated alkanes) is 2. The Hall–Kier alpha value is -1.31. The van der Waals surface area contributed by atoms with Crippen molar-refractivity contribution < 1.29 is 9.90 Å². The molecule has 1 amide bonds. The van der Waals surface area contributed by atoms with Crippen molar-refractivity contribution in [2.24, 2.45) is 0 Å². The molecule has 0 saturated carbocycles. The molecule has 1 atom stereocenters. The highest BCUT2D eigenvalue weighted by Gasteiger charge is 2.13. The van der Waals surface area contributed by atoms with Crippen molar-refractivity contribution in [3.63, 3.8) is 0 Å². The van der Waals surface area contributed by atoms with Gasteiger partial charge in [-0.1, -0.05) is 38.0 Å². The van der Waals surface area contributed by atoms with E-state index in [4.69, 9.17) is 5.11 Å². The summed E-state index contributed by atoms with van der Waals surface area (Å²) in [6.45, 7) is 6.26. The maximum Gasteiger partial charge on any atom is 0.261 e. The summed E-state index contributed by atoms with van der Waals surface area (Å²) in [6, 6.07) is 2.09. The summed E-state index contributed by atoms with van der Waals surface area (Å²) in [6.07, 6.45) is 5.04. The number of hydrogen-bond donors (Lipinski definition) is 2. The highest BCUT2D eigenvalue weighted by atomic mass is 32.1. The SMILES string of the molecule is CCCCCC(C)NC(=O)c1cc(C)c(C#CCCO)s1. The first-order chi connectivity index (χ1) is 10.1. The molecule has 21 heavy (non-hydrogen) atoms. The quantitative estimate of drug-likeness (QED) is 0.598. The molecule has 0 radical (unpaired) electrons. The average molecular weight is 307 g/mol. The van der Waals surface area contributed by atoms with Crippen molar-refractivity contribution in [1.29, 1.82) is 0 Å². The standard InChI is InChI=1S/C17H25NO2S/c1-4-5-6-9-14(3)18-17(20)16-12-13(2)15(21-16)10-7-8-11-19/h12,14,19H,4-6,8-9,11H2,1-3H3,(H,18,20). The van der Waals surface area contributed by atoms with Gasteiger partial charge in [-0.05, 0) is 31.9 Å². The lowest BCUT2D eigenvalue weighted by atomic mass is 10.1. The molecule has 4 heteroatoms. The molecule has 0 aliphatic rings. The van der Waals surface area contributed by atoms with Crippen molar-refractivity contribution in [3.8, 4) is 11.8 Å². The van der Waals surface area contributed by atoms with Crippen molar-refractivity contribution in [2.45, 2.75) is 58.9 Å². The van der Waals surface area contributed by atoms with Crippen LogP contribution in [-0.4, -0.2) is 23.7 Å². The van der Waals surface area contributed by atoms with E-state index < -0.39 is 0 Å². The van der Waals surface area contributed by atoms with Crippen LogP contribution in [0, 0.1) is 18.8 Å². The van der Waals surface area contributed by atoms with Crippen LogP contribution in [0.1, 0.15) is 66.1 Å². The van der Waals surface area contributed by atoms with E-state index in [-0.39, 0.29) is 18.6 Å². The Morgan fingerprint density at radius 1 is 1.48 bits per heavy atom. The monoisotopic (exact) mass is 307 g/mol. The van der Waals surface area contributed by atoms with E-state index in [1.807, 2.05) is 13.0 Å². The number of carbonyl (C=O) groups is 1. The number of carbonyl (C=O) groups excluding carboxylic acids is 1. The van der Waals surface area contributed by atoms with Gasteiger partial charge in [-0.3, -0.25) is 4.79 Å². The van der Waals surface area contributed by atoms with E-state index in [0.29, 0.717) is 11.3 Å². The first kappa shape index (κ1) is 17.7. The minimum absolute atomic E-state index is 0.0118. The Morgan fingerprint density at radius 3 is 2.90 bits per heavy atom. The van der Waals surface area contributed by atoms with E-state index in [2.05, 4.69) is 31.0 Å². The number of hydrogen-bond acceptors (Lipinski definition) is 3. The van der Waals surface area contributed by atoms with Crippen molar-refractivity contribution in [1.82, 2.24) is 5.32 Å².